The van der Waals surface area contributed by atoms with Gasteiger partial charge >= 0.3 is 5.97 Å². The van der Waals surface area contributed by atoms with Gasteiger partial charge in [0.1, 0.15) is 5.75 Å². The van der Waals surface area contributed by atoms with Crippen LogP contribution in [0.1, 0.15) is 12.5 Å². The van der Waals surface area contributed by atoms with Crippen LogP contribution in [0.15, 0.2) is 60.0 Å². The van der Waals surface area contributed by atoms with Crippen LogP contribution < -0.4 is 10.5 Å². The van der Waals surface area contributed by atoms with Crippen molar-refractivity contribution < 1.29 is 14.4 Å². The lowest BCUT2D eigenvalue weighted by Gasteiger charge is -2.11. The molecule has 1 aromatic heterocycles. The number of hydrogen-bond donors (Lipinski definition) is 1. The third-order valence-electron chi connectivity index (χ3n) is 2.60. The first-order valence-corrected chi connectivity index (χ1v) is 6.33. The van der Waals surface area contributed by atoms with Gasteiger partial charge in [-0.1, -0.05) is 23.4 Å². The van der Waals surface area contributed by atoms with Crippen LogP contribution in [0.5, 0.6) is 5.75 Å². The standard InChI is InChI=1S/C15H15N3O3/c1-11(20-13-5-3-2-4-6-13)15(19)21-18-14(16)12-7-9-17-10-8-12/h2-11H,1H3,(H2,16,18). The molecule has 0 fully saturated rings. The molecule has 21 heavy (non-hydrogen) atoms. The number of nitrogens with zero attached hydrogens (tertiary/aromatic N) is 2. The van der Waals surface area contributed by atoms with Crippen molar-refractivity contribution in [3.8, 4) is 5.75 Å². The van der Waals surface area contributed by atoms with Gasteiger partial charge in [0.25, 0.3) is 0 Å². The molecule has 0 aliphatic carbocycles. The fraction of sp³-hybridized carbons (Fsp3) is 0.133. The number of pyridine rings is 1. The van der Waals surface area contributed by atoms with Crippen molar-refractivity contribution in [3.05, 3.63) is 60.4 Å². The van der Waals surface area contributed by atoms with Crippen molar-refractivity contribution in [2.24, 2.45) is 10.9 Å². The molecule has 6 nitrogen and oxygen atoms in total. The van der Waals surface area contributed by atoms with Gasteiger partial charge in [-0.3, -0.25) is 4.98 Å². The molecular formula is C15H15N3O3. The highest BCUT2D eigenvalue weighted by Crippen LogP contribution is 2.11. The molecule has 0 bridgehead atoms. The third kappa shape index (κ3) is 4.31. The number of amidine groups is 1. The van der Waals surface area contributed by atoms with E-state index in [9.17, 15) is 4.79 Å². The van der Waals surface area contributed by atoms with E-state index < -0.39 is 12.1 Å². The summed E-state index contributed by atoms with van der Waals surface area (Å²) in [5, 5.41) is 3.59. The normalized spacial score (nSPS) is 12.5. The molecule has 1 aromatic carbocycles. The number of para-hydroxylation sites is 1. The number of carbonyl (C=O) groups is 1. The zero-order valence-corrected chi connectivity index (χ0v) is 11.5. The molecule has 2 rings (SSSR count). The first kappa shape index (κ1) is 14.5. The van der Waals surface area contributed by atoms with Crippen LogP contribution in [-0.4, -0.2) is 22.9 Å². The minimum Gasteiger partial charge on any atom is -0.479 e. The molecule has 108 valence electrons. The molecule has 0 saturated carbocycles. The molecule has 2 N–H and O–H groups in total. The molecule has 0 spiro atoms. The van der Waals surface area contributed by atoms with Crippen molar-refractivity contribution in [1.29, 1.82) is 0 Å². The smallest absolute Gasteiger partial charge is 0.374 e. The molecule has 0 radical (unpaired) electrons. The molecule has 6 heteroatoms. The van der Waals surface area contributed by atoms with Gasteiger partial charge in [-0.15, -0.1) is 0 Å². The first-order chi connectivity index (χ1) is 10.2. The van der Waals surface area contributed by atoms with E-state index in [2.05, 4.69) is 10.1 Å². The Morgan fingerprint density at radius 2 is 1.86 bits per heavy atom. The Hall–Kier alpha value is -2.89. The van der Waals surface area contributed by atoms with Crippen molar-refractivity contribution in [2.75, 3.05) is 0 Å². The van der Waals surface area contributed by atoms with E-state index in [4.69, 9.17) is 15.3 Å². The van der Waals surface area contributed by atoms with Crippen molar-refractivity contribution in [2.45, 2.75) is 13.0 Å². The van der Waals surface area contributed by atoms with Crippen LogP contribution in [0.3, 0.4) is 0 Å². The first-order valence-electron chi connectivity index (χ1n) is 6.33. The lowest BCUT2D eigenvalue weighted by atomic mass is 10.2. The van der Waals surface area contributed by atoms with Gasteiger partial charge in [0.2, 0.25) is 0 Å². The summed E-state index contributed by atoms with van der Waals surface area (Å²) in [6.45, 7) is 1.58. The van der Waals surface area contributed by atoms with Gasteiger partial charge in [0, 0.05) is 18.0 Å². The summed E-state index contributed by atoms with van der Waals surface area (Å²) in [7, 11) is 0. The lowest BCUT2D eigenvalue weighted by molar-refractivity contribution is -0.151. The number of ether oxygens (including phenoxy) is 1. The summed E-state index contributed by atoms with van der Waals surface area (Å²) in [5.74, 6) is 0.0431. The van der Waals surface area contributed by atoms with Crippen LogP contribution >= 0.6 is 0 Å². The Morgan fingerprint density at radius 3 is 2.52 bits per heavy atom. The fourth-order valence-corrected chi connectivity index (χ4v) is 1.50. The van der Waals surface area contributed by atoms with E-state index in [0.717, 1.165) is 0 Å². The number of aromatic nitrogens is 1. The number of carbonyl (C=O) groups excluding carboxylic acids is 1. The number of hydrogen-bond acceptors (Lipinski definition) is 5. The van der Waals surface area contributed by atoms with E-state index in [0.29, 0.717) is 11.3 Å². The second-order valence-corrected chi connectivity index (χ2v) is 4.20. The second-order valence-electron chi connectivity index (χ2n) is 4.20. The predicted molar refractivity (Wildman–Crippen MR) is 77.6 cm³/mol. The summed E-state index contributed by atoms with van der Waals surface area (Å²) in [4.78, 5) is 20.4. The van der Waals surface area contributed by atoms with E-state index in [1.54, 1.807) is 43.6 Å². The van der Waals surface area contributed by atoms with E-state index >= 15 is 0 Å². The second kappa shape index (κ2) is 7.04. The van der Waals surface area contributed by atoms with Crippen molar-refractivity contribution >= 4 is 11.8 Å². The van der Waals surface area contributed by atoms with E-state index in [-0.39, 0.29) is 5.84 Å². The van der Waals surface area contributed by atoms with Gasteiger partial charge in [0.05, 0.1) is 0 Å². The molecule has 1 unspecified atom stereocenters. The van der Waals surface area contributed by atoms with Gasteiger partial charge in [-0.05, 0) is 31.2 Å². The Morgan fingerprint density at radius 1 is 1.19 bits per heavy atom. The van der Waals surface area contributed by atoms with Crippen LogP contribution in [0.2, 0.25) is 0 Å². The molecule has 2 aromatic rings. The SMILES string of the molecule is CC(Oc1ccccc1)C(=O)O/N=C(\N)c1ccncc1. The van der Waals surface area contributed by atoms with Gasteiger partial charge in [-0.25, -0.2) is 4.79 Å². The number of oxime groups is 1. The van der Waals surface area contributed by atoms with E-state index in [1.807, 2.05) is 18.2 Å². The van der Waals surface area contributed by atoms with Crippen molar-refractivity contribution in [1.82, 2.24) is 4.98 Å². The zero-order valence-electron chi connectivity index (χ0n) is 11.5. The Balaban J connectivity index is 1.92. The average molecular weight is 285 g/mol. The molecular weight excluding hydrogens is 270 g/mol. The Kier molecular flexibility index (Phi) is 4.87. The fourth-order valence-electron chi connectivity index (χ4n) is 1.50. The summed E-state index contributed by atoms with van der Waals surface area (Å²) in [5.41, 5.74) is 6.32. The van der Waals surface area contributed by atoms with Crippen LogP contribution in [0, 0.1) is 0 Å². The monoisotopic (exact) mass is 285 g/mol. The van der Waals surface area contributed by atoms with Crippen LogP contribution in [0.4, 0.5) is 0 Å². The molecule has 1 heterocycles. The summed E-state index contributed by atoms with van der Waals surface area (Å²) in [6.07, 6.45) is 2.35. The quantitative estimate of drug-likeness (QED) is 0.391. The highest BCUT2D eigenvalue weighted by Gasteiger charge is 2.17. The average Bonchev–Trinajstić information content (AvgIpc) is 2.54. The topological polar surface area (TPSA) is 86.8 Å². The summed E-state index contributed by atoms with van der Waals surface area (Å²) >= 11 is 0. The van der Waals surface area contributed by atoms with Gasteiger partial charge in [-0.2, -0.15) is 0 Å². The molecule has 1 atom stereocenters. The Labute approximate surface area is 122 Å². The van der Waals surface area contributed by atoms with Crippen molar-refractivity contribution in [3.63, 3.8) is 0 Å². The maximum Gasteiger partial charge on any atom is 0.374 e. The maximum atomic E-state index is 11.8. The minimum atomic E-state index is -0.790. The molecule has 0 aliphatic heterocycles. The molecule has 0 saturated heterocycles. The number of nitrogens with two attached hydrogens (primary N) is 1. The van der Waals surface area contributed by atoms with E-state index in [1.165, 1.54) is 0 Å². The molecule has 0 aliphatic rings. The highest BCUT2D eigenvalue weighted by atomic mass is 16.7. The maximum absolute atomic E-state index is 11.8. The Bertz CT molecular complexity index is 615. The molecule has 0 amide bonds. The largest absolute Gasteiger partial charge is 0.479 e. The van der Waals surface area contributed by atoms with Crippen LogP contribution in [-0.2, 0) is 9.63 Å². The number of rotatable bonds is 5. The number of benzene rings is 1. The van der Waals surface area contributed by atoms with Gasteiger partial charge < -0.3 is 15.3 Å². The summed E-state index contributed by atoms with van der Waals surface area (Å²) < 4.78 is 5.42. The zero-order chi connectivity index (χ0) is 15.1. The minimum absolute atomic E-state index is 0.0951. The third-order valence-corrected chi connectivity index (χ3v) is 2.60. The summed E-state index contributed by atoms with van der Waals surface area (Å²) in [6, 6.07) is 12.3. The lowest BCUT2D eigenvalue weighted by Crippen LogP contribution is -2.26. The predicted octanol–water partition coefficient (Wildman–Crippen LogP) is 1.71. The highest BCUT2D eigenvalue weighted by molar-refractivity contribution is 5.97. The van der Waals surface area contributed by atoms with Gasteiger partial charge in [0.15, 0.2) is 11.9 Å². The van der Waals surface area contributed by atoms with Crippen LogP contribution in [0.25, 0.3) is 0 Å².